The molecule has 5 saturated carbocycles. The van der Waals surface area contributed by atoms with E-state index >= 15 is 0 Å². The lowest BCUT2D eigenvalue weighted by Gasteiger charge is -2.64. The van der Waals surface area contributed by atoms with Gasteiger partial charge in [0, 0.05) is 12.3 Å². The molecule has 1 heterocycles. The number of aliphatic hydroxyl groups excluding tert-OH is 2. The summed E-state index contributed by atoms with van der Waals surface area (Å²) in [6, 6.07) is 0. The van der Waals surface area contributed by atoms with Crippen LogP contribution in [-0.2, 0) is 6.42 Å². The Morgan fingerprint density at radius 1 is 0.971 bits per heavy atom. The number of hydrogen-bond acceptors (Lipinski definition) is 5. The van der Waals surface area contributed by atoms with Crippen molar-refractivity contribution in [3.05, 3.63) is 11.7 Å². The Morgan fingerprint density at radius 2 is 1.71 bits per heavy atom. The van der Waals surface area contributed by atoms with E-state index in [0.29, 0.717) is 52.8 Å². The van der Waals surface area contributed by atoms with Crippen molar-refractivity contribution in [2.24, 2.45) is 52.3 Å². The first-order valence-corrected chi connectivity index (χ1v) is 14.9. The topological polar surface area (TPSA) is 79.4 Å². The molecule has 5 aliphatic rings. The number of rotatable bonds is 6. The average molecular weight is 485 g/mol. The second kappa shape index (κ2) is 8.82. The van der Waals surface area contributed by atoms with Gasteiger partial charge in [0.25, 0.3) is 0 Å². The SMILES string of the molecule is CC[C@@H]1C2C[C@H](O)CCC2(C)[C@H]2CCC3(C)C([C@H](C)CCc4nc(C5CC5)no4)CC[C@H]3C2[C@@H]1O. The summed E-state index contributed by atoms with van der Waals surface area (Å²) >= 11 is 0. The predicted octanol–water partition coefficient (Wildman–Crippen LogP) is 6.14. The smallest absolute Gasteiger partial charge is 0.226 e. The van der Waals surface area contributed by atoms with E-state index in [1.807, 2.05) is 0 Å². The van der Waals surface area contributed by atoms with Crippen molar-refractivity contribution in [1.29, 1.82) is 0 Å². The minimum atomic E-state index is -0.203. The van der Waals surface area contributed by atoms with Gasteiger partial charge >= 0.3 is 0 Å². The standard InChI is InChI=1S/C30H48N2O3/c1-5-20-24-16-19(33)12-14-30(24,4)23-13-15-29(3)21(9-10-22(29)26(23)27(20)34)17(2)6-11-25-31-28(32-35-25)18-7-8-18/h17-24,26-27,33-34H,5-16H2,1-4H3/t17-,19-,20-,21?,22+,23+,24?,26?,27-,29?,30?/m1/s1. The highest BCUT2D eigenvalue weighted by molar-refractivity contribution is 5.13. The quantitative estimate of drug-likeness (QED) is 0.507. The number of aliphatic hydroxyl groups is 2. The van der Waals surface area contributed by atoms with Gasteiger partial charge in [-0.15, -0.1) is 0 Å². The minimum absolute atomic E-state index is 0.171. The van der Waals surface area contributed by atoms with Crippen LogP contribution < -0.4 is 0 Å². The molecule has 0 bridgehead atoms. The van der Waals surface area contributed by atoms with Crippen LogP contribution in [0.1, 0.15) is 116 Å². The lowest BCUT2D eigenvalue weighted by molar-refractivity contribution is -0.203. The fourth-order valence-corrected chi connectivity index (χ4v) is 10.4. The van der Waals surface area contributed by atoms with Crippen LogP contribution in [0.4, 0.5) is 0 Å². The van der Waals surface area contributed by atoms with E-state index in [9.17, 15) is 10.2 Å². The maximum atomic E-state index is 11.9. The van der Waals surface area contributed by atoms with Gasteiger partial charge in [-0.3, -0.25) is 0 Å². The van der Waals surface area contributed by atoms with Crippen LogP contribution in [0.5, 0.6) is 0 Å². The second-order valence-corrected chi connectivity index (χ2v) is 14.0. The van der Waals surface area contributed by atoms with Crippen molar-refractivity contribution in [3.63, 3.8) is 0 Å². The van der Waals surface area contributed by atoms with Crippen LogP contribution in [0.15, 0.2) is 4.52 Å². The van der Waals surface area contributed by atoms with E-state index in [-0.39, 0.29) is 17.6 Å². The lowest BCUT2D eigenvalue weighted by atomic mass is 9.41. The van der Waals surface area contributed by atoms with Gasteiger partial charge in [-0.2, -0.15) is 4.98 Å². The largest absolute Gasteiger partial charge is 0.393 e. The van der Waals surface area contributed by atoms with Crippen LogP contribution >= 0.6 is 0 Å². The van der Waals surface area contributed by atoms with Crippen molar-refractivity contribution in [3.8, 4) is 0 Å². The van der Waals surface area contributed by atoms with Crippen LogP contribution in [-0.4, -0.2) is 32.6 Å². The van der Waals surface area contributed by atoms with E-state index in [2.05, 4.69) is 37.8 Å². The molecule has 0 spiro atoms. The molecular formula is C30H48N2O3. The Kier molecular flexibility index (Phi) is 6.15. The summed E-state index contributed by atoms with van der Waals surface area (Å²) in [5.74, 6) is 6.15. The normalized spacial score (nSPS) is 48.2. The molecule has 35 heavy (non-hydrogen) atoms. The molecule has 5 nitrogen and oxygen atoms in total. The van der Waals surface area contributed by atoms with Crippen molar-refractivity contribution < 1.29 is 14.7 Å². The van der Waals surface area contributed by atoms with Gasteiger partial charge < -0.3 is 14.7 Å². The van der Waals surface area contributed by atoms with Gasteiger partial charge in [0.15, 0.2) is 5.82 Å². The minimum Gasteiger partial charge on any atom is -0.393 e. The summed E-state index contributed by atoms with van der Waals surface area (Å²) in [5.41, 5.74) is 0.608. The van der Waals surface area contributed by atoms with Crippen LogP contribution in [0.3, 0.4) is 0 Å². The molecular weight excluding hydrogens is 436 g/mol. The maximum absolute atomic E-state index is 11.9. The summed E-state index contributed by atoms with van der Waals surface area (Å²) in [7, 11) is 0. The third-order valence-electron chi connectivity index (χ3n) is 12.4. The zero-order valence-electron chi connectivity index (χ0n) is 22.5. The van der Waals surface area contributed by atoms with Crippen molar-refractivity contribution in [2.75, 3.05) is 0 Å². The van der Waals surface area contributed by atoms with Gasteiger partial charge in [-0.1, -0.05) is 39.3 Å². The van der Waals surface area contributed by atoms with Crippen LogP contribution in [0, 0.1) is 52.3 Å². The highest BCUT2D eigenvalue weighted by Crippen LogP contribution is 2.69. The molecule has 0 radical (unpaired) electrons. The molecule has 5 aliphatic carbocycles. The molecule has 6 rings (SSSR count). The van der Waals surface area contributed by atoms with E-state index in [4.69, 9.17) is 4.52 Å². The molecule has 2 N–H and O–H groups in total. The first kappa shape index (κ1) is 24.4. The third-order valence-corrected chi connectivity index (χ3v) is 12.4. The lowest BCUT2D eigenvalue weighted by Crippen LogP contribution is -2.62. The monoisotopic (exact) mass is 484 g/mol. The van der Waals surface area contributed by atoms with Crippen LogP contribution in [0.25, 0.3) is 0 Å². The predicted molar refractivity (Wildman–Crippen MR) is 136 cm³/mol. The zero-order chi connectivity index (χ0) is 24.5. The molecule has 0 aliphatic heterocycles. The highest BCUT2D eigenvalue weighted by Gasteiger charge is 2.64. The van der Waals surface area contributed by atoms with Crippen molar-refractivity contribution in [2.45, 2.75) is 123 Å². The summed E-state index contributed by atoms with van der Waals surface area (Å²) in [6.07, 6.45) is 13.2. The number of nitrogens with zero attached hydrogens (tertiary/aromatic N) is 2. The number of aryl methyl sites for hydroxylation is 1. The summed E-state index contributed by atoms with van der Waals surface area (Å²) in [4.78, 5) is 4.67. The van der Waals surface area contributed by atoms with Gasteiger partial charge in [0.05, 0.1) is 12.2 Å². The van der Waals surface area contributed by atoms with E-state index in [1.54, 1.807) is 0 Å². The molecule has 1 aromatic rings. The highest BCUT2D eigenvalue weighted by atomic mass is 16.5. The Morgan fingerprint density at radius 3 is 2.46 bits per heavy atom. The number of hydrogen-bond donors (Lipinski definition) is 2. The Hall–Kier alpha value is -0.940. The molecule has 5 heteroatoms. The second-order valence-electron chi connectivity index (χ2n) is 14.0. The zero-order valence-corrected chi connectivity index (χ0v) is 22.5. The first-order chi connectivity index (χ1) is 16.8. The fourth-order valence-electron chi connectivity index (χ4n) is 10.4. The molecule has 1 aromatic heterocycles. The molecule has 5 fully saturated rings. The Labute approximate surface area is 211 Å². The molecule has 196 valence electrons. The fraction of sp³-hybridized carbons (Fsp3) is 0.933. The molecule has 5 unspecified atom stereocenters. The first-order valence-electron chi connectivity index (χ1n) is 14.9. The average Bonchev–Trinajstić information content (AvgIpc) is 3.47. The Bertz CT molecular complexity index is 913. The van der Waals surface area contributed by atoms with E-state index in [1.165, 1.54) is 38.5 Å². The third kappa shape index (κ3) is 3.85. The van der Waals surface area contributed by atoms with Gasteiger partial charge in [-0.05, 0) is 116 Å². The van der Waals surface area contributed by atoms with Crippen molar-refractivity contribution >= 4 is 0 Å². The Balaban J connectivity index is 1.19. The van der Waals surface area contributed by atoms with E-state index < -0.39 is 0 Å². The van der Waals surface area contributed by atoms with Crippen molar-refractivity contribution in [1.82, 2.24) is 10.1 Å². The number of fused-ring (bicyclic) bond motifs is 5. The maximum Gasteiger partial charge on any atom is 0.226 e. The molecule has 0 amide bonds. The number of aromatic nitrogens is 2. The van der Waals surface area contributed by atoms with Crippen LogP contribution in [0.2, 0.25) is 0 Å². The summed E-state index contributed by atoms with van der Waals surface area (Å²) in [6.45, 7) is 9.83. The van der Waals surface area contributed by atoms with Gasteiger partial charge in [-0.25, -0.2) is 0 Å². The molecule has 0 aromatic carbocycles. The van der Waals surface area contributed by atoms with E-state index in [0.717, 1.165) is 50.2 Å². The molecule has 0 saturated heterocycles. The summed E-state index contributed by atoms with van der Waals surface area (Å²) < 4.78 is 5.58. The molecule has 11 atom stereocenters. The summed E-state index contributed by atoms with van der Waals surface area (Å²) in [5, 5.41) is 26.6. The van der Waals surface area contributed by atoms with Gasteiger partial charge in [0.2, 0.25) is 5.89 Å². The van der Waals surface area contributed by atoms with Gasteiger partial charge in [0.1, 0.15) is 0 Å².